The number of ether oxygens (including phenoxy) is 1. The van der Waals surface area contributed by atoms with Crippen LogP contribution in [-0.2, 0) is 6.54 Å². The molecule has 3 aromatic rings. The fourth-order valence-electron chi connectivity index (χ4n) is 3.02. The summed E-state index contributed by atoms with van der Waals surface area (Å²) in [6.07, 6.45) is 1.49. The van der Waals surface area contributed by atoms with Gasteiger partial charge in [-0.05, 0) is 43.9 Å². The number of urea groups is 1. The van der Waals surface area contributed by atoms with Crippen molar-refractivity contribution < 1.29 is 18.3 Å². The Bertz CT molecular complexity index is 983. The molecule has 0 saturated carbocycles. The maximum atomic E-state index is 13.1. The van der Waals surface area contributed by atoms with E-state index in [1.165, 1.54) is 12.3 Å². The highest BCUT2D eigenvalue weighted by atomic mass is 19.3. The monoisotopic (exact) mass is 414 g/mol. The summed E-state index contributed by atoms with van der Waals surface area (Å²) in [5.74, 6) is -0.0349. The van der Waals surface area contributed by atoms with E-state index >= 15 is 0 Å². The lowest BCUT2D eigenvalue weighted by Gasteiger charge is -2.25. The molecule has 0 saturated heterocycles. The zero-order valence-corrected chi connectivity index (χ0v) is 16.9. The molecule has 6 nitrogen and oxygen atoms in total. The van der Waals surface area contributed by atoms with E-state index in [1.807, 2.05) is 49.3 Å². The van der Waals surface area contributed by atoms with Gasteiger partial charge in [0.1, 0.15) is 5.52 Å². The molecule has 1 aromatic heterocycles. The van der Waals surface area contributed by atoms with E-state index in [4.69, 9.17) is 0 Å². The number of amides is 2. The summed E-state index contributed by atoms with van der Waals surface area (Å²) in [5.41, 5.74) is 1.75. The Labute approximate surface area is 174 Å². The predicted octanol–water partition coefficient (Wildman–Crippen LogP) is 4.43. The number of nitrogens with one attached hydrogen (secondary N) is 1. The van der Waals surface area contributed by atoms with Gasteiger partial charge in [0.05, 0.1) is 5.69 Å². The molecule has 8 heteroatoms. The number of fused-ring (bicyclic) bond motifs is 1. The third-order valence-electron chi connectivity index (χ3n) is 4.51. The van der Waals surface area contributed by atoms with Gasteiger partial charge >= 0.3 is 12.6 Å². The van der Waals surface area contributed by atoms with Crippen LogP contribution in [0.2, 0.25) is 0 Å². The second kappa shape index (κ2) is 9.98. The highest BCUT2D eigenvalue weighted by Crippen LogP contribution is 2.31. The zero-order chi connectivity index (χ0) is 21.5. The van der Waals surface area contributed by atoms with Crippen molar-refractivity contribution in [3.8, 4) is 5.75 Å². The lowest BCUT2D eigenvalue weighted by Crippen LogP contribution is -2.39. The van der Waals surface area contributed by atoms with Crippen LogP contribution in [-0.4, -0.2) is 54.6 Å². The molecule has 0 spiro atoms. The Morgan fingerprint density at radius 1 is 1.07 bits per heavy atom. The van der Waals surface area contributed by atoms with E-state index in [0.29, 0.717) is 30.7 Å². The number of benzene rings is 2. The Balaban J connectivity index is 1.85. The van der Waals surface area contributed by atoms with Crippen LogP contribution in [0.25, 0.3) is 10.9 Å². The van der Waals surface area contributed by atoms with Crippen molar-refractivity contribution in [2.24, 2.45) is 0 Å². The first-order valence-electron chi connectivity index (χ1n) is 9.51. The van der Waals surface area contributed by atoms with E-state index in [0.717, 1.165) is 5.56 Å². The Morgan fingerprint density at radius 2 is 1.83 bits per heavy atom. The minimum absolute atomic E-state index is 0.0349. The number of rotatable bonds is 8. The predicted molar refractivity (Wildman–Crippen MR) is 113 cm³/mol. The highest BCUT2D eigenvalue weighted by Gasteiger charge is 2.18. The van der Waals surface area contributed by atoms with Crippen molar-refractivity contribution in [1.82, 2.24) is 14.8 Å². The number of nitrogens with zero attached hydrogens (tertiary/aromatic N) is 3. The summed E-state index contributed by atoms with van der Waals surface area (Å²) < 4.78 is 29.9. The van der Waals surface area contributed by atoms with Gasteiger partial charge in [0.25, 0.3) is 0 Å². The molecule has 2 aromatic carbocycles. The summed E-state index contributed by atoms with van der Waals surface area (Å²) in [4.78, 5) is 20.9. The van der Waals surface area contributed by atoms with Crippen LogP contribution in [0.5, 0.6) is 5.75 Å². The second-order valence-electron chi connectivity index (χ2n) is 7.03. The molecule has 0 unspecified atom stereocenters. The second-order valence-corrected chi connectivity index (χ2v) is 7.03. The van der Waals surface area contributed by atoms with Gasteiger partial charge in [-0.15, -0.1) is 0 Å². The van der Waals surface area contributed by atoms with Crippen molar-refractivity contribution in [2.45, 2.75) is 13.2 Å². The molecular formula is C22H24F2N4O2. The molecule has 2 amide bonds. The maximum Gasteiger partial charge on any atom is 0.387 e. The average molecular weight is 414 g/mol. The maximum absolute atomic E-state index is 13.1. The molecule has 0 bridgehead atoms. The largest absolute Gasteiger partial charge is 0.432 e. The first-order valence-corrected chi connectivity index (χ1v) is 9.51. The number of pyridine rings is 1. The summed E-state index contributed by atoms with van der Waals surface area (Å²) in [6.45, 7) is -1.29. The van der Waals surface area contributed by atoms with Crippen LogP contribution in [0, 0.1) is 0 Å². The van der Waals surface area contributed by atoms with Gasteiger partial charge in [-0.1, -0.05) is 30.3 Å². The van der Waals surface area contributed by atoms with Crippen LogP contribution < -0.4 is 10.1 Å². The fraction of sp³-hybridized carbons (Fsp3) is 0.273. The summed E-state index contributed by atoms with van der Waals surface area (Å²) >= 11 is 0. The standard InChI is InChI=1S/C22H24F2N4O2/c1-27(2)13-14-28(15-16-7-4-3-5-8-16)22(29)26-18-10-11-19(30-21(23)24)20-17(18)9-6-12-25-20/h3-12,21H,13-15H2,1-2H3,(H,26,29). The van der Waals surface area contributed by atoms with Crippen molar-refractivity contribution in [3.05, 3.63) is 66.4 Å². The smallest absolute Gasteiger partial charge is 0.387 e. The van der Waals surface area contributed by atoms with Crippen molar-refractivity contribution in [2.75, 3.05) is 32.5 Å². The number of carbonyl (C=O) groups is 1. The third kappa shape index (κ3) is 5.64. The minimum atomic E-state index is -2.96. The van der Waals surface area contributed by atoms with Crippen LogP contribution >= 0.6 is 0 Å². The van der Waals surface area contributed by atoms with Gasteiger partial charge in [0.2, 0.25) is 0 Å². The number of aromatic nitrogens is 1. The Kier molecular flexibility index (Phi) is 7.13. The number of carbonyl (C=O) groups excluding carboxylic acids is 1. The number of alkyl halides is 2. The van der Waals surface area contributed by atoms with Gasteiger partial charge in [-0.25, -0.2) is 4.79 Å². The van der Waals surface area contributed by atoms with Gasteiger partial charge in [0.15, 0.2) is 5.75 Å². The molecule has 3 rings (SSSR count). The van der Waals surface area contributed by atoms with E-state index in [2.05, 4.69) is 15.0 Å². The fourth-order valence-corrected chi connectivity index (χ4v) is 3.02. The number of anilines is 1. The van der Waals surface area contributed by atoms with Crippen molar-refractivity contribution in [3.63, 3.8) is 0 Å². The molecule has 30 heavy (non-hydrogen) atoms. The first kappa shape index (κ1) is 21.4. The van der Waals surface area contributed by atoms with Crippen LogP contribution in [0.15, 0.2) is 60.8 Å². The van der Waals surface area contributed by atoms with E-state index in [-0.39, 0.29) is 17.3 Å². The van der Waals surface area contributed by atoms with E-state index < -0.39 is 6.61 Å². The van der Waals surface area contributed by atoms with Crippen LogP contribution in [0.4, 0.5) is 19.3 Å². The van der Waals surface area contributed by atoms with Gasteiger partial charge in [-0.2, -0.15) is 8.78 Å². The number of hydrogen-bond donors (Lipinski definition) is 1. The Hall–Kier alpha value is -3.26. The van der Waals surface area contributed by atoms with Crippen LogP contribution in [0.3, 0.4) is 0 Å². The topological polar surface area (TPSA) is 57.7 Å². The summed E-state index contributed by atoms with van der Waals surface area (Å²) in [7, 11) is 3.89. The third-order valence-corrected chi connectivity index (χ3v) is 4.51. The summed E-state index contributed by atoms with van der Waals surface area (Å²) in [6, 6.07) is 15.7. The zero-order valence-electron chi connectivity index (χ0n) is 16.9. The van der Waals surface area contributed by atoms with E-state index in [9.17, 15) is 13.6 Å². The Morgan fingerprint density at radius 3 is 2.53 bits per heavy atom. The lowest BCUT2D eigenvalue weighted by molar-refractivity contribution is -0.0489. The minimum Gasteiger partial charge on any atom is -0.432 e. The van der Waals surface area contributed by atoms with Gasteiger partial charge in [0, 0.05) is 31.2 Å². The molecule has 0 radical (unpaired) electrons. The molecular weight excluding hydrogens is 390 g/mol. The van der Waals surface area contributed by atoms with Gasteiger partial charge < -0.3 is 19.9 Å². The molecule has 0 aliphatic rings. The number of likely N-dealkylation sites (N-methyl/N-ethyl adjacent to an activating group) is 1. The highest BCUT2D eigenvalue weighted by molar-refractivity contribution is 6.02. The quantitative estimate of drug-likeness (QED) is 0.592. The molecule has 1 heterocycles. The van der Waals surface area contributed by atoms with E-state index in [1.54, 1.807) is 23.1 Å². The molecule has 158 valence electrons. The van der Waals surface area contributed by atoms with Crippen molar-refractivity contribution >= 4 is 22.6 Å². The normalized spacial score (nSPS) is 11.1. The number of hydrogen-bond acceptors (Lipinski definition) is 4. The molecule has 0 fully saturated rings. The SMILES string of the molecule is CN(C)CCN(Cc1ccccc1)C(=O)Nc1ccc(OC(F)F)c2ncccc12. The van der Waals surface area contributed by atoms with Gasteiger partial charge in [-0.3, -0.25) is 4.98 Å². The number of halogens is 2. The van der Waals surface area contributed by atoms with Crippen molar-refractivity contribution in [1.29, 1.82) is 0 Å². The molecule has 0 atom stereocenters. The molecule has 1 N–H and O–H groups in total. The molecule has 0 aliphatic heterocycles. The molecule has 0 aliphatic carbocycles. The summed E-state index contributed by atoms with van der Waals surface area (Å²) in [5, 5.41) is 3.42. The van der Waals surface area contributed by atoms with Crippen LogP contribution in [0.1, 0.15) is 5.56 Å². The first-order chi connectivity index (χ1) is 14.4. The average Bonchev–Trinajstić information content (AvgIpc) is 2.73. The lowest BCUT2D eigenvalue weighted by atomic mass is 10.1.